The van der Waals surface area contributed by atoms with Gasteiger partial charge >= 0.3 is 0 Å². The van der Waals surface area contributed by atoms with E-state index in [1.54, 1.807) is 12.1 Å². The minimum atomic E-state index is -0.127. The Morgan fingerprint density at radius 2 is 1.90 bits per heavy atom. The minimum Gasteiger partial charge on any atom is -0.490 e. The van der Waals surface area contributed by atoms with Crippen LogP contribution in [0.5, 0.6) is 5.75 Å². The molecule has 3 rings (SSSR count). The van der Waals surface area contributed by atoms with E-state index < -0.39 is 0 Å². The number of halogens is 1. The fourth-order valence-corrected chi connectivity index (χ4v) is 4.26. The number of benzene rings is 1. The first-order valence-corrected chi connectivity index (χ1v) is 11.0. The Balaban J connectivity index is 1.68. The van der Waals surface area contributed by atoms with Crippen molar-refractivity contribution < 1.29 is 19.1 Å². The van der Waals surface area contributed by atoms with Crippen molar-refractivity contribution in [1.29, 1.82) is 0 Å². The lowest BCUT2D eigenvalue weighted by molar-refractivity contribution is -0.142. The van der Waals surface area contributed by atoms with Gasteiger partial charge in [0, 0.05) is 56.6 Å². The fourth-order valence-electron chi connectivity index (χ4n) is 4.08. The second-order valence-electron chi connectivity index (χ2n) is 7.78. The Morgan fingerprint density at radius 1 is 1.10 bits per heavy atom. The largest absolute Gasteiger partial charge is 0.490 e. The molecule has 0 bridgehead atoms. The molecule has 0 aromatic heterocycles. The lowest BCUT2D eigenvalue weighted by atomic mass is 9.90. The number of likely N-dealkylation sites (tertiary alicyclic amines) is 2. The quantitative estimate of drug-likeness (QED) is 0.675. The molecule has 2 amide bonds. The molecule has 1 aromatic rings. The first-order chi connectivity index (χ1) is 14.1. The van der Waals surface area contributed by atoms with Crippen LogP contribution in [0.3, 0.4) is 0 Å². The van der Waals surface area contributed by atoms with Crippen molar-refractivity contribution in [1.82, 2.24) is 9.80 Å². The number of amides is 2. The van der Waals surface area contributed by atoms with Gasteiger partial charge in [0.05, 0.1) is 0 Å². The molecule has 0 saturated carbocycles. The molecule has 6 nitrogen and oxygen atoms in total. The van der Waals surface area contributed by atoms with Crippen molar-refractivity contribution >= 4 is 23.4 Å². The Morgan fingerprint density at radius 3 is 2.62 bits per heavy atom. The maximum absolute atomic E-state index is 12.9. The van der Waals surface area contributed by atoms with E-state index in [0.717, 1.165) is 25.9 Å². The summed E-state index contributed by atoms with van der Waals surface area (Å²) >= 11 is 6.09. The molecule has 2 aliphatic rings. The maximum Gasteiger partial charge on any atom is 0.248 e. The molecule has 2 aliphatic heterocycles. The third-order valence-corrected chi connectivity index (χ3v) is 5.91. The van der Waals surface area contributed by atoms with Crippen molar-refractivity contribution in [2.75, 3.05) is 39.4 Å². The van der Waals surface area contributed by atoms with Crippen LogP contribution in [0.2, 0.25) is 5.02 Å². The topological polar surface area (TPSA) is 59.1 Å². The predicted octanol–water partition coefficient (Wildman–Crippen LogP) is 3.38. The summed E-state index contributed by atoms with van der Waals surface area (Å²) in [5.74, 6) is 0.784. The highest BCUT2D eigenvalue weighted by Gasteiger charge is 2.35. The van der Waals surface area contributed by atoms with Crippen LogP contribution in [-0.2, 0) is 14.3 Å². The van der Waals surface area contributed by atoms with Crippen LogP contribution in [0.25, 0.3) is 0 Å². The van der Waals surface area contributed by atoms with Gasteiger partial charge in [-0.2, -0.15) is 0 Å². The monoisotopic (exact) mass is 422 g/mol. The molecule has 0 aliphatic carbocycles. The number of carbonyl (C=O) groups is 2. The Kier molecular flexibility index (Phi) is 8.19. The zero-order chi connectivity index (χ0) is 20.6. The van der Waals surface area contributed by atoms with Crippen LogP contribution in [0.15, 0.2) is 24.3 Å². The number of hydrogen-bond acceptors (Lipinski definition) is 4. The van der Waals surface area contributed by atoms with E-state index in [4.69, 9.17) is 21.1 Å². The predicted molar refractivity (Wildman–Crippen MR) is 112 cm³/mol. The second-order valence-corrected chi connectivity index (χ2v) is 8.22. The third kappa shape index (κ3) is 6.34. The molecule has 2 saturated heterocycles. The number of piperidine rings is 2. The van der Waals surface area contributed by atoms with Gasteiger partial charge in [0.25, 0.3) is 0 Å². The summed E-state index contributed by atoms with van der Waals surface area (Å²) in [4.78, 5) is 29.1. The molecule has 2 fully saturated rings. The molecule has 7 heteroatoms. The van der Waals surface area contributed by atoms with E-state index in [-0.39, 0.29) is 30.4 Å². The van der Waals surface area contributed by atoms with Crippen LogP contribution in [-0.4, -0.2) is 67.1 Å². The highest BCUT2D eigenvalue weighted by Crippen LogP contribution is 2.28. The fraction of sp³-hybridized carbons (Fsp3) is 0.636. The molecular weight excluding hydrogens is 392 g/mol. The average Bonchev–Trinajstić information content (AvgIpc) is 2.74. The summed E-state index contributed by atoms with van der Waals surface area (Å²) in [6, 6.07) is 7.33. The van der Waals surface area contributed by atoms with Gasteiger partial charge in [-0.1, -0.05) is 17.7 Å². The van der Waals surface area contributed by atoms with Crippen LogP contribution >= 0.6 is 11.6 Å². The van der Waals surface area contributed by atoms with Gasteiger partial charge in [0.2, 0.25) is 11.8 Å². The van der Waals surface area contributed by atoms with Crippen LogP contribution in [0.1, 0.15) is 39.0 Å². The van der Waals surface area contributed by atoms with Crippen molar-refractivity contribution in [3.05, 3.63) is 29.3 Å². The molecule has 0 N–H and O–H groups in total. The smallest absolute Gasteiger partial charge is 0.248 e. The first-order valence-electron chi connectivity index (χ1n) is 10.6. The normalized spacial score (nSPS) is 22.4. The minimum absolute atomic E-state index is 0.0246. The lowest BCUT2D eigenvalue weighted by Crippen LogP contribution is -2.50. The van der Waals surface area contributed by atoms with Crippen molar-refractivity contribution in [2.45, 2.75) is 45.1 Å². The number of ether oxygens (including phenoxy) is 2. The summed E-state index contributed by atoms with van der Waals surface area (Å²) in [5, 5.41) is 0.618. The zero-order valence-electron chi connectivity index (χ0n) is 17.1. The van der Waals surface area contributed by atoms with Crippen LogP contribution < -0.4 is 4.74 Å². The van der Waals surface area contributed by atoms with Gasteiger partial charge in [-0.25, -0.2) is 0 Å². The SMILES string of the molecule is CCOCC(=O)N1CC[C@H](Oc2cccc(Cl)c2)[C@@H](CC(=O)N2CCCCC2)C1. The van der Waals surface area contributed by atoms with E-state index in [1.807, 2.05) is 28.9 Å². The van der Waals surface area contributed by atoms with Crippen molar-refractivity contribution in [3.8, 4) is 5.75 Å². The van der Waals surface area contributed by atoms with Gasteiger partial charge in [-0.3, -0.25) is 9.59 Å². The van der Waals surface area contributed by atoms with E-state index in [2.05, 4.69) is 0 Å². The van der Waals surface area contributed by atoms with E-state index in [0.29, 0.717) is 43.3 Å². The van der Waals surface area contributed by atoms with Crippen molar-refractivity contribution in [2.24, 2.45) is 5.92 Å². The summed E-state index contributed by atoms with van der Waals surface area (Å²) in [6.07, 6.45) is 4.27. The Bertz CT molecular complexity index is 693. The first kappa shape index (κ1) is 21.9. The van der Waals surface area contributed by atoms with Gasteiger partial charge in [-0.05, 0) is 44.4 Å². The molecular formula is C22H31ClN2O4. The van der Waals surface area contributed by atoms with Gasteiger partial charge < -0.3 is 19.3 Å². The van der Waals surface area contributed by atoms with Gasteiger partial charge in [0.1, 0.15) is 18.5 Å². The molecule has 160 valence electrons. The second kappa shape index (κ2) is 10.8. The molecule has 2 heterocycles. The van der Waals surface area contributed by atoms with Gasteiger partial charge in [-0.15, -0.1) is 0 Å². The summed E-state index contributed by atoms with van der Waals surface area (Å²) in [5.41, 5.74) is 0. The molecule has 0 unspecified atom stereocenters. The molecule has 29 heavy (non-hydrogen) atoms. The number of hydrogen-bond donors (Lipinski definition) is 0. The van der Waals surface area contributed by atoms with Crippen LogP contribution in [0, 0.1) is 5.92 Å². The summed E-state index contributed by atoms with van der Waals surface area (Å²) < 4.78 is 11.5. The van der Waals surface area contributed by atoms with Crippen molar-refractivity contribution in [3.63, 3.8) is 0 Å². The Labute approximate surface area is 178 Å². The Hall–Kier alpha value is -1.79. The molecule has 0 radical (unpaired) electrons. The number of carbonyl (C=O) groups excluding carboxylic acids is 2. The molecule has 1 aromatic carbocycles. The maximum atomic E-state index is 12.9. The third-order valence-electron chi connectivity index (χ3n) is 5.68. The number of rotatable bonds is 7. The highest BCUT2D eigenvalue weighted by molar-refractivity contribution is 6.30. The molecule has 0 spiro atoms. The van der Waals surface area contributed by atoms with E-state index >= 15 is 0 Å². The zero-order valence-corrected chi connectivity index (χ0v) is 17.9. The summed E-state index contributed by atoms with van der Waals surface area (Å²) in [6.45, 7) is 5.25. The number of nitrogens with zero attached hydrogens (tertiary/aromatic N) is 2. The highest BCUT2D eigenvalue weighted by atomic mass is 35.5. The average molecular weight is 423 g/mol. The van der Waals surface area contributed by atoms with E-state index in [1.165, 1.54) is 6.42 Å². The lowest BCUT2D eigenvalue weighted by Gasteiger charge is -2.39. The van der Waals surface area contributed by atoms with Crippen LogP contribution in [0.4, 0.5) is 0 Å². The standard InChI is InChI=1S/C22H31ClN2O4/c1-2-28-16-22(27)25-12-9-20(29-19-8-6-7-18(23)14-19)17(15-25)13-21(26)24-10-4-3-5-11-24/h6-8,14,17,20H,2-5,9-13,15-16H2,1H3/t17-,20-/m0/s1. The van der Waals surface area contributed by atoms with Gasteiger partial charge in [0.15, 0.2) is 0 Å². The summed E-state index contributed by atoms with van der Waals surface area (Å²) in [7, 11) is 0. The van der Waals surface area contributed by atoms with E-state index in [9.17, 15) is 9.59 Å². The molecule has 2 atom stereocenters.